The van der Waals surface area contributed by atoms with Crippen LogP contribution in [0, 0.1) is 10.1 Å². The first-order chi connectivity index (χ1) is 16.1. The molecule has 0 bridgehead atoms. The molecule has 1 aliphatic heterocycles. The molecule has 0 fully saturated rings. The lowest BCUT2D eigenvalue weighted by Crippen LogP contribution is -2.31. The molecule has 0 unspecified atom stereocenters. The molecule has 0 atom stereocenters. The smallest absolute Gasteiger partial charge is 0.311 e. The highest BCUT2D eigenvalue weighted by Gasteiger charge is 2.24. The van der Waals surface area contributed by atoms with Crippen LogP contribution in [0.5, 0.6) is 5.75 Å². The molecule has 0 saturated heterocycles. The minimum atomic E-state index is -0.957. The van der Waals surface area contributed by atoms with Gasteiger partial charge in [0.1, 0.15) is 18.0 Å². The molecule has 1 aromatic carbocycles. The molecule has 1 aliphatic rings. The number of nitrogens with one attached hydrogen (secondary N) is 1. The largest absolute Gasteiger partial charge is 0.484 e. The van der Waals surface area contributed by atoms with Crippen molar-refractivity contribution in [2.24, 2.45) is 0 Å². The van der Waals surface area contributed by atoms with E-state index in [1.54, 1.807) is 32.2 Å². The van der Waals surface area contributed by atoms with Crippen LogP contribution < -0.4 is 15.0 Å². The van der Waals surface area contributed by atoms with Gasteiger partial charge in [-0.3, -0.25) is 10.1 Å². The Morgan fingerprint density at radius 1 is 1.21 bits per heavy atom. The number of aliphatic hydroxyl groups is 1. The summed E-state index contributed by atoms with van der Waals surface area (Å²) in [5.41, 5.74) is 2.44. The van der Waals surface area contributed by atoms with Gasteiger partial charge < -0.3 is 20.1 Å². The van der Waals surface area contributed by atoms with Crippen LogP contribution >= 0.6 is 0 Å². The number of fused-ring (bicyclic) bond motifs is 1. The lowest BCUT2D eigenvalue weighted by molar-refractivity contribution is -0.386. The zero-order valence-corrected chi connectivity index (χ0v) is 19.6. The van der Waals surface area contributed by atoms with Gasteiger partial charge in [0, 0.05) is 41.7 Å². The summed E-state index contributed by atoms with van der Waals surface area (Å²) >= 11 is 0. The molecule has 0 amide bonds. The van der Waals surface area contributed by atoms with Crippen molar-refractivity contribution in [1.82, 2.24) is 15.0 Å². The van der Waals surface area contributed by atoms with E-state index in [9.17, 15) is 15.2 Å². The topological polar surface area (TPSA) is 127 Å². The molecule has 0 saturated carbocycles. The van der Waals surface area contributed by atoms with Gasteiger partial charge in [-0.1, -0.05) is 6.07 Å². The van der Waals surface area contributed by atoms with E-state index >= 15 is 0 Å². The second-order valence-corrected chi connectivity index (χ2v) is 9.01. The van der Waals surface area contributed by atoms with Crippen LogP contribution in [-0.4, -0.2) is 37.6 Å². The second-order valence-electron chi connectivity index (χ2n) is 9.01. The molecular weight excluding hydrogens is 436 g/mol. The predicted octanol–water partition coefficient (Wildman–Crippen LogP) is 4.10. The lowest BCUT2D eigenvalue weighted by atomic mass is 10.0. The highest BCUT2D eigenvalue weighted by Crippen LogP contribution is 2.35. The molecule has 0 spiro atoms. The van der Waals surface area contributed by atoms with Gasteiger partial charge in [0.2, 0.25) is 0 Å². The number of aromatic nitrogens is 3. The molecular formula is C24H28N6O4. The number of anilines is 3. The van der Waals surface area contributed by atoms with E-state index in [-0.39, 0.29) is 17.5 Å². The number of nitro groups is 1. The maximum atomic E-state index is 11.4. The predicted molar refractivity (Wildman–Crippen MR) is 128 cm³/mol. The first-order valence-electron chi connectivity index (χ1n) is 11.1. The van der Waals surface area contributed by atoms with E-state index in [1.165, 1.54) is 12.4 Å². The van der Waals surface area contributed by atoms with Gasteiger partial charge in [0.05, 0.1) is 28.9 Å². The average Bonchev–Trinajstić information content (AvgIpc) is 2.78. The maximum Gasteiger partial charge on any atom is 0.311 e. The van der Waals surface area contributed by atoms with E-state index in [4.69, 9.17) is 4.74 Å². The van der Waals surface area contributed by atoms with Gasteiger partial charge in [-0.2, -0.15) is 0 Å². The Balaban J connectivity index is 1.55. The van der Waals surface area contributed by atoms with Crippen molar-refractivity contribution < 1.29 is 14.8 Å². The summed E-state index contributed by atoms with van der Waals surface area (Å²) < 4.78 is 5.70. The van der Waals surface area contributed by atoms with Gasteiger partial charge >= 0.3 is 5.69 Å². The summed E-state index contributed by atoms with van der Waals surface area (Å²) in [5, 5.41) is 24.8. The molecule has 3 aromatic rings. The third-order valence-corrected chi connectivity index (χ3v) is 5.59. The van der Waals surface area contributed by atoms with Gasteiger partial charge in [-0.25, -0.2) is 15.0 Å². The van der Waals surface area contributed by atoms with Gasteiger partial charge in [0.25, 0.3) is 0 Å². The van der Waals surface area contributed by atoms with Crippen LogP contribution in [0.4, 0.5) is 23.0 Å². The van der Waals surface area contributed by atoms with E-state index in [2.05, 4.69) is 25.2 Å². The number of nitrogens with zero attached hydrogens (tertiary/aromatic N) is 5. The van der Waals surface area contributed by atoms with Gasteiger partial charge in [-0.05, 0) is 46.2 Å². The third-order valence-electron chi connectivity index (χ3n) is 5.59. The first-order valence-corrected chi connectivity index (χ1v) is 11.1. The Morgan fingerprint density at radius 2 is 2.00 bits per heavy atom. The number of ether oxygens (including phenoxy) is 1. The quantitative estimate of drug-likeness (QED) is 0.392. The highest BCUT2D eigenvalue weighted by atomic mass is 16.6. The van der Waals surface area contributed by atoms with Gasteiger partial charge in [-0.15, -0.1) is 0 Å². The molecule has 0 radical (unpaired) electrons. The van der Waals surface area contributed by atoms with Crippen molar-refractivity contribution >= 4 is 23.0 Å². The first kappa shape index (κ1) is 23.4. The molecule has 0 aliphatic carbocycles. The second kappa shape index (κ2) is 9.22. The van der Waals surface area contributed by atoms with Crippen molar-refractivity contribution in [2.75, 3.05) is 16.8 Å². The minimum absolute atomic E-state index is 0.0493. The molecule has 34 heavy (non-hydrogen) atoms. The Morgan fingerprint density at radius 3 is 2.65 bits per heavy atom. The Hall–Kier alpha value is -3.79. The van der Waals surface area contributed by atoms with E-state index in [1.807, 2.05) is 26.0 Å². The van der Waals surface area contributed by atoms with E-state index < -0.39 is 10.5 Å². The Bertz CT molecular complexity index is 1190. The highest BCUT2D eigenvalue weighted by molar-refractivity contribution is 5.62. The normalized spacial score (nSPS) is 13.5. The molecule has 10 heteroatoms. The molecule has 2 aromatic heterocycles. The summed E-state index contributed by atoms with van der Waals surface area (Å²) in [6.07, 6.45) is 3.67. The maximum absolute atomic E-state index is 11.4. The Kier molecular flexibility index (Phi) is 6.34. The minimum Gasteiger partial charge on any atom is -0.484 e. The zero-order valence-electron chi connectivity index (χ0n) is 19.6. The molecule has 2 N–H and O–H groups in total. The summed E-state index contributed by atoms with van der Waals surface area (Å²) in [6, 6.07) is 8.58. The van der Waals surface area contributed by atoms with E-state index in [0.717, 1.165) is 22.5 Å². The van der Waals surface area contributed by atoms with E-state index in [0.29, 0.717) is 31.1 Å². The fourth-order valence-electron chi connectivity index (χ4n) is 3.83. The van der Waals surface area contributed by atoms with Crippen molar-refractivity contribution in [3.63, 3.8) is 0 Å². The molecule has 3 heterocycles. The fourth-order valence-corrected chi connectivity index (χ4v) is 3.83. The fraction of sp³-hybridized carbons (Fsp3) is 0.375. The number of hydrogen-bond acceptors (Lipinski definition) is 9. The summed E-state index contributed by atoms with van der Waals surface area (Å²) in [7, 11) is 0. The molecule has 10 nitrogen and oxygen atoms in total. The summed E-state index contributed by atoms with van der Waals surface area (Å²) in [6.45, 7) is 8.34. The van der Waals surface area contributed by atoms with Crippen molar-refractivity contribution in [1.29, 1.82) is 0 Å². The number of rotatable bonds is 7. The number of pyridine rings is 1. The number of hydrogen-bond donors (Lipinski definition) is 2. The van der Waals surface area contributed by atoms with Crippen molar-refractivity contribution in [3.8, 4) is 5.75 Å². The van der Waals surface area contributed by atoms with Crippen LogP contribution in [0.2, 0.25) is 0 Å². The SMILES string of the molecule is CC(C)Oc1cc(N2CCc3c(ncnc3Nc3ccc(C(C)(C)O)cn3)C2)ccc1[N+](=O)[O-]. The van der Waals surface area contributed by atoms with Gasteiger partial charge in [0.15, 0.2) is 5.75 Å². The molecule has 178 valence electrons. The lowest BCUT2D eigenvalue weighted by Gasteiger charge is -2.31. The van der Waals surface area contributed by atoms with Crippen LogP contribution in [0.25, 0.3) is 0 Å². The number of benzene rings is 1. The van der Waals surface area contributed by atoms with Crippen LogP contribution in [0.15, 0.2) is 42.9 Å². The van der Waals surface area contributed by atoms with Crippen LogP contribution in [-0.2, 0) is 18.6 Å². The average molecular weight is 465 g/mol. The van der Waals surface area contributed by atoms with Crippen LogP contribution in [0.1, 0.15) is 44.5 Å². The summed E-state index contributed by atoms with van der Waals surface area (Å²) in [4.78, 5) is 26.3. The number of nitro benzene ring substituents is 1. The molecule has 4 rings (SSSR count). The van der Waals surface area contributed by atoms with Crippen LogP contribution in [0.3, 0.4) is 0 Å². The zero-order chi connectivity index (χ0) is 24.5. The summed E-state index contributed by atoms with van der Waals surface area (Å²) in [5.74, 6) is 1.58. The third kappa shape index (κ3) is 5.07. The standard InChI is InChI=1S/C24H28N6O4/c1-15(2)34-21-11-17(6-7-20(21)30(32)33)29-10-9-18-19(13-29)26-14-27-23(18)28-22-8-5-16(12-25-22)24(3,4)31/h5-8,11-12,14-15,31H,9-10,13H2,1-4H3,(H,25,26,27,28). The van der Waals surface area contributed by atoms with Crippen molar-refractivity contribution in [2.45, 2.75) is 52.4 Å². The monoisotopic (exact) mass is 464 g/mol. The van der Waals surface area contributed by atoms with Crippen molar-refractivity contribution in [3.05, 3.63) is 69.8 Å². The Labute approximate surface area is 197 Å².